The van der Waals surface area contributed by atoms with E-state index in [1.54, 1.807) is 30.3 Å². The predicted octanol–water partition coefficient (Wildman–Crippen LogP) is 6.19. The zero-order chi connectivity index (χ0) is 28.3. The summed E-state index contributed by atoms with van der Waals surface area (Å²) in [6, 6.07) is 18.5. The monoisotopic (exact) mass is 586 g/mol. The van der Waals surface area contributed by atoms with Crippen LogP contribution in [0.25, 0.3) is 5.69 Å². The lowest BCUT2D eigenvalue weighted by Crippen LogP contribution is -2.40. The number of hydrogen-bond acceptors (Lipinski definition) is 4. The first-order valence-electron chi connectivity index (χ1n) is 11.8. The van der Waals surface area contributed by atoms with E-state index in [4.69, 9.17) is 23.2 Å². The molecule has 0 atom stereocenters. The molecule has 202 valence electrons. The normalized spacial score (nSPS) is 11.6. The van der Waals surface area contributed by atoms with Crippen molar-refractivity contribution in [3.05, 3.63) is 111 Å². The molecule has 1 N–H and O–H groups in total. The lowest BCUT2D eigenvalue weighted by Gasteiger charge is -2.24. The van der Waals surface area contributed by atoms with Crippen LogP contribution in [0, 0.1) is 26.6 Å². The van der Waals surface area contributed by atoms with Crippen LogP contribution in [-0.4, -0.2) is 31.7 Å². The summed E-state index contributed by atoms with van der Waals surface area (Å²) in [5.41, 5.74) is 6.14. The Hall–Kier alpha value is -3.66. The van der Waals surface area contributed by atoms with Gasteiger partial charge in [0.25, 0.3) is 15.9 Å². The van der Waals surface area contributed by atoms with Gasteiger partial charge in [0.1, 0.15) is 12.4 Å². The van der Waals surface area contributed by atoms with Crippen LogP contribution in [0.1, 0.15) is 22.5 Å². The summed E-state index contributed by atoms with van der Waals surface area (Å²) in [6.07, 6.45) is 1.45. The molecule has 0 aliphatic rings. The largest absolute Gasteiger partial charge is 0.318 e. The smallest absolute Gasteiger partial charge is 0.264 e. The highest BCUT2D eigenvalue weighted by Crippen LogP contribution is 2.27. The maximum absolute atomic E-state index is 14.7. The number of carbonyl (C=O) groups is 1. The molecule has 0 saturated heterocycles. The van der Waals surface area contributed by atoms with E-state index in [9.17, 15) is 17.6 Å². The van der Waals surface area contributed by atoms with Crippen molar-refractivity contribution in [2.75, 3.05) is 10.8 Å². The average molecular weight is 588 g/mol. The van der Waals surface area contributed by atoms with Gasteiger partial charge in [-0.3, -0.25) is 9.10 Å². The number of carbonyl (C=O) groups excluding carboxylic acids is 1. The molecular formula is C28H25Cl2FN4O3S. The first-order chi connectivity index (χ1) is 18.5. The number of halogens is 3. The quantitative estimate of drug-likeness (QED) is 0.197. The van der Waals surface area contributed by atoms with Crippen LogP contribution in [0.5, 0.6) is 0 Å². The minimum atomic E-state index is -4.26. The average Bonchev–Trinajstić information content (AvgIpc) is 3.15. The molecule has 0 bridgehead atoms. The second-order valence-electron chi connectivity index (χ2n) is 8.86. The Morgan fingerprint density at radius 1 is 1.00 bits per heavy atom. The van der Waals surface area contributed by atoms with Crippen LogP contribution >= 0.6 is 23.2 Å². The lowest BCUT2D eigenvalue weighted by atomic mass is 10.2. The zero-order valence-electron chi connectivity index (χ0n) is 21.3. The maximum atomic E-state index is 14.7. The van der Waals surface area contributed by atoms with Crippen molar-refractivity contribution in [3.8, 4) is 5.69 Å². The van der Waals surface area contributed by atoms with E-state index in [0.29, 0.717) is 15.6 Å². The van der Waals surface area contributed by atoms with Gasteiger partial charge in [-0.1, -0.05) is 53.0 Å². The number of nitrogens with one attached hydrogen (secondary N) is 1. The van der Waals surface area contributed by atoms with Crippen LogP contribution in [-0.2, 0) is 14.8 Å². The van der Waals surface area contributed by atoms with E-state index in [1.807, 2.05) is 31.4 Å². The molecule has 0 aliphatic carbocycles. The number of sulfonamides is 1. The van der Waals surface area contributed by atoms with Crippen molar-refractivity contribution < 1.29 is 17.6 Å². The van der Waals surface area contributed by atoms with Gasteiger partial charge in [-0.2, -0.15) is 5.10 Å². The standard InChI is InChI=1S/C28H25Cl2FN4O3S/c1-18-8-10-25(11-9-18)39(37,38)34(27-7-5-4-6-26(27)31)17-28(36)33-32-16-21-12-19(2)35(20(21)3)24-14-22(29)13-23(30)15-24/h4-16H,17H2,1-3H3,(H,33,36)/b32-16-. The van der Waals surface area contributed by atoms with Gasteiger partial charge in [-0.25, -0.2) is 18.2 Å². The number of aromatic nitrogens is 1. The summed E-state index contributed by atoms with van der Waals surface area (Å²) < 4.78 is 44.2. The highest BCUT2D eigenvalue weighted by Gasteiger charge is 2.29. The van der Waals surface area contributed by atoms with Gasteiger partial charge in [-0.05, 0) is 69.3 Å². The van der Waals surface area contributed by atoms with Crippen LogP contribution in [0.2, 0.25) is 10.0 Å². The lowest BCUT2D eigenvalue weighted by molar-refractivity contribution is -0.119. The minimum Gasteiger partial charge on any atom is -0.318 e. The van der Waals surface area contributed by atoms with E-state index in [2.05, 4.69) is 10.5 Å². The molecule has 3 aromatic carbocycles. The molecule has 1 aromatic heterocycles. The number of amides is 1. The van der Waals surface area contributed by atoms with Crippen molar-refractivity contribution >= 4 is 51.0 Å². The van der Waals surface area contributed by atoms with Crippen LogP contribution in [0.15, 0.2) is 82.8 Å². The third-order valence-corrected chi connectivity index (χ3v) is 8.20. The first-order valence-corrected chi connectivity index (χ1v) is 14.0. The Morgan fingerprint density at radius 3 is 2.28 bits per heavy atom. The van der Waals surface area contributed by atoms with E-state index < -0.39 is 28.3 Å². The van der Waals surface area contributed by atoms with Crippen molar-refractivity contribution in [2.24, 2.45) is 5.10 Å². The van der Waals surface area contributed by atoms with Crippen molar-refractivity contribution in [3.63, 3.8) is 0 Å². The molecule has 0 unspecified atom stereocenters. The highest BCUT2D eigenvalue weighted by atomic mass is 35.5. The second kappa shape index (κ2) is 11.6. The number of hydrogen-bond donors (Lipinski definition) is 1. The second-order valence-corrected chi connectivity index (χ2v) is 11.6. The van der Waals surface area contributed by atoms with Gasteiger partial charge in [0, 0.05) is 32.7 Å². The van der Waals surface area contributed by atoms with E-state index in [1.165, 1.54) is 36.5 Å². The first kappa shape index (κ1) is 28.4. The number of aryl methyl sites for hydroxylation is 2. The molecule has 0 spiro atoms. The molecule has 0 fully saturated rings. The Labute approximate surface area is 236 Å². The molecule has 7 nitrogen and oxygen atoms in total. The van der Waals surface area contributed by atoms with Crippen LogP contribution in [0.3, 0.4) is 0 Å². The third kappa shape index (κ3) is 6.33. The molecular weight excluding hydrogens is 562 g/mol. The van der Waals surface area contributed by atoms with Crippen molar-refractivity contribution in [2.45, 2.75) is 25.7 Å². The number of para-hydroxylation sites is 1. The maximum Gasteiger partial charge on any atom is 0.264 e. The minimum absolute atomic E-state index is 0.0683. The molecule has 11 heteroatoms. The summed E-state index contributed by atoms with van der Waals surface area (Å²) in [5, 5.41) is 5.00. The fraction of sp³-hybridized carbons (Fsp3) is 0.143. The Morgan fingerprint density at radius 2 is 1.64 bits per heavy atom. The molecule has 4 aromatic rings. The van der Waals surface area contributed by atoms with E-state index >= 15 is 0 Å². The van der Waals surface area contributed by atoms with Crippen LogP contribution < -0.4 is 9.73 Å². The summed E-state index contributed by atoms with van der Waals surface area (Å²) in [6.45, 7) is 4.91. The number of benzene rings is 3. The number of anilines is 1. The summed E-state index contributed by atoms with van der Waals surface area (Å²) in [7, 11) is -4.26. The van der Waals surface area contributed by atoms with Crippen molar-refractivity contribution in [1.82, 2.24) is 9.99 Å². The summed E-state index contributed by atoms with van der Waals surface area (Å²) in [4.78, 5) is 12.8. The molecule has 39 heavy (non-hydrogen) atoms. The van der Waals surface area contributed by atoms with Crippen LogP contribution in [0.4, 0.5) is 10.1 Å². The van der Waals surface area contributed by atoms with E-state index in [0.717, 1.165) is 33.0 Å². The summed E-state index contributed by atoms with van der Waals surface area (Å²) in [5.74, 6) is -1.53. The van der Waals surface area contributed by atoms with Crippen molar-refractivity contribution in [1.29, 1.82) is 0 Å². The molecule has 1 amide bonds. The fourth-order valence-electron chi connectivity index (χ4n) is 4.11. The molecule has 0 aliphatic heterocycles. The van der Waals surface area contributed by atoms with Gasteiger partial charge in [0.05, 0.1) is 16.8 Å². The molecule has 1 heterocycles. The van der Waals surface area contributed by atoms with Gasteiger partial charge in [0.2, 0.25) is 0 Å². The topological polar surface area (TPSA) is 83.8 Å². The van der Waals surface area contributed by atoms with Gasteiger partial charge in [-0.15, -0.1) is 0 Å². The summed E-state index contributed by atoms with van der Waals surface area (Å²) >= 11 is 12.3. The highest BCUT2D eigenvalue weighted by molar-refractivity contribution is 7.92. The van der Waals surface area contributed by atoms with E-state index in [-0.39, 0.29) is 10.6 Å². The third-order valence-electron chi connectivity index (χ3n) is 5.99. The van der Waals surface area contributed by atoms with Gasteiger partial charge in [0.15, 0.2) is 0 Å². The number of nitrogens with zero attached hydrogens (tertiary/aromatic N) is 3. The Bertz CT molecular complexity index is 1650. The fourth-order valence-corrected chi connectivity index (χ4v) is 6.06. The molecule has 0 saturated carbocycles. The predicted molar refractivity (Wildman–Crippen MR) is 153 cm³/mol. The number of hydrazone groups is 1. The zero-order valence-corrected chi connectivity index (χ0v) is 23.6. The number of rotatable bonds is 8. The van der Waals surface area contributed by atoms with Gasteiger partial charge < -0.3 is 4.57 Å². The van der Waals surface area contributed by atoms with Gasteiger partial charge >= 0.3 is 0 Å². The SMILES string of the molecule is Cc1ccc(S(=O)(=O)N(CC(=O)N/N=C\c2cc(C)n(-c3cc(Cl)cc(Cl)c3)c2C)c2ccccc2F)cc1. The molecule has 4 rings (SSSR count). The Kier molecular flexibility index (Phi) is 8.44. The Balaban J connectivity index is 1.57. The molecule has 0 radical (unpaired) electrons.